The molecule has 0 aliphatic carbocycles. The molecule has 0 aliphatic heterocycles. The highest BCUT2D eigenvalue weighted by Crippen LogP contribution is 2.29. The number of carbonyl (C=O) groups is 2. The number of thiol groups is 1. The summed E-state index contributed by atoms with van der Waals surface area (Å²) in [6.07, 6.45) is 3.10. The maximum atomic E-state index is 12.9. The van der Waals surface area contributed by atoms with Crippen molar-refractivity contribution >= 4 is 24.4 Å². The maximum Gasteiger partial charge on any atom is 0.223 e. The van der Waals surface area contributed by atoms with E-state index in [0.717, 1.165) is 35.1 Å². The largest absolute Gasteiger partial charge is 0.356 e. The third-order valence-electron chi connectivity index (χ3n) is 5.87. The summed E-state index contributed by atoms with van der Waals surface area (Å²) in [6.45, 7) is 5.62. The highest BCUT2D eigenvalue weighted by Gasteiger charge is 2.15. The van der Waals surface area contributed by atoms with Gasteiger partial charge in [0.15, 0.2) is 0 Å². The summed E-state index contributed by atoms with van der Waals surface area (Å²) in [5, 5.41) is 17.3. The Balaban J connectivity index is 1.67. The molecule has 0 unspecified atom stereocenters. The SMILES string of the molecule is CCCCC(=O)N(CCCNC(=O)[C@H](C)CS)Cc1ccc(-c2ccccc2-c2nn[nH]n2)cc1. The minimum absolute atomic E-state index is 0.000509. The number of carbonyl (C=O) groups excluding carboxylic acids is 2. The first-order chi connectivity index (χ1) is 17.0. The van der Waals surface area contributed by atoms with Crippen LogP contribution in [0.15, 0.2) is 48.5 Å². The zero-order valence-corrected chi connectivity index (χ0v) is 21.3. The lowest BCUT2D eigenvalue weighted by atomic mass is 9.98. The first-order valence-electron chi connectivity index (χ1n) is 12.1. The van der Waals surface area contributed by atoms with Crippen molar-refractivity contribution in [3.8, 4) is 22.5 Å². The Labute approximate surface area is 212 Å². The fraction of sp³-hybridized carbons (Fsp3) is 0.423. The molecule has 0 saturated carbocycles. The van der Waals surface area contributed by atoms with E-state index in [1.165, 1.54) is 0 Å². The topological polar surface area (TPSA) is 104 Å². The van der Waals surface area contributed by atoms with E-state index in [1.807, 2.05) is 36.1 Å². The molecule has 1 heterocycles. The summed E-state index contributed by atoms with van der Waals surface area (Å²) in [7, 11) is 0. The van der Waals surface area contributed by atoms with Crippen LogP contribution in [-0.4, -0.2) is 56.2 Å². The number of rotatable bonds is 13. The Morgan fingerprint density at radius 2 is 1.83 bits per heavy atom. The molecule has 0 saturated heterocycles. The van der Waals surface area contributed by atoms with Crippen LogP contribution < -0.4 is 5.32 Å². The van der Waals surface area contributed by atoms with Crippen LogP contribution in [0.4, 0.5) is 0 Å². The molecule has 0 fully saturated rings. The quantitative estimate of drug-likeness (QED) is 0.245. The van der Waals surface area contributed by atoms with E-state index in [4.69, 9.17) is 0 Å². The van der Waals surface area contributed by atoms with Gasteiger partial charge in [0.2, 0.25) is 17.6 Å². The number of hydrogen-bond acceptors (Lipinski definition) is 6. The van der Waals surface area contributed by atoms with Crippen molar-refractivity contribution < 1.29 is 9.59 Å². The number of unbranched alkanes of at least 4 members (excludes halogenated alkanes) is 1. The van der Waals surface area contributed by atoms with Crippen LogP contribution in [0.25, 0.3) is 22.5 Å². The lowest BCUT2D eigenvalue weighted by Gasteiger charge is -2.23. The Morgan fingerprint density at radius 1 is 1.09 bits per heavy atom. The fourth-order valence-electron chi connectivity index (χ4n) is 3.73. The molecule has 9 heteroatoms. The number of nitrogens with one attached hydrogen (secondary N) is 2. The standard InChI is InChI=1S/C26H34N6O2S/c1-3-4-10-24(33)32(16-7-15-27-26(34)19(2)18-35)17-20-11-13-21(14-12-20)22-8-5-6-9-23(22)25-28-30-31-29-25/h5-6,8-9,11-14,19,35H,3-4,7,10,15-18H2,1-2H3,(H,27,34)(H,28,29,30,31)/t19-/m1/s1. The number of hydrogen-bond donors (Lipinski definition) is 3. The lowest BCUT2D eigenvalue weighted by Crippen LogP contribution is -2.35. The predicted octanol–water partition coefficient (Wildman–Crippen LogP) is 4.12. The molecule has 1 aromatic heterocycles. The fourth-order valence-corrected chi connectivity index (χ4v) is 3.90. The van der Waals surface area contributed by atoms with Gasteiger partial charge in [0, 0.05) is 43.3 Å². The molecule has 0 spiro atoms. The second-order valence-corrected chi connectivity index (χ2v) is 8.99. The molecule has 8 nitrogen and oxygen atoms in total. The van der Waals surface area contributed by atoms with Gasteiger partial charge in [-0.2, -0.15) is 17.8 Å². The van der Waals surface area contributed by atoms with Crippen molar-refractivity contribution in [3.05, 3.63) is 54.1 Å². The van der Waals surface area contributed by atoms with E-state index < -0.39 is 0 Å². The van der Waals surface area contributed by atoms with Crippen molar-refractivity contribution in [1.82, 2.24) is 30.8 Å². The molecule has 35 heavy (non-hydrogen) atoms. The molecular weight excluding hydrogens is 460 g/mol. The number of nitrogens with zero attached hydrogens (tertiary/aromatic N) is 4. The van der Waals surface area contributed by atoms with Gasteiger partial charge in [-0.1, -0.05) is 68.8 Å². The number of benzene rings is 2. The van der Waals surface area contributed by atoms with Crippen LogP contribution in [0.3, 0.4) is 0 Å². The normalized spacial score (nSPS) is 11.7. The second kappa shape index (κ2) is 13.6. The molecule has 1 atom stereocenters. The van der Waals surface area contributed by atoms with Crippen molar-refractivity contribution in [1.29, 1.82) is 0 Å². The Bertz CT molecular complexity index is 1070. The minimum Gasteiger partial charge on any atom is -0.356 e. The summed E-state index contributed by atoms with van der Waals surface area (Å²) in [4.78, 5) is 26.7. The summed E-state index contributed by atoms with van der Waals surface area (Å²) >= 11 is 4.17. The van der Waals surface area contributed by atoms with Crippen LogP contribution >= 0.6 is 12.6 Å². The van der Waals surface area contributed by atoms with Gasteiger partial charge < -0.3 is 10.2 Å². The molecule has 0 bridgehead atoms. The number of aromatic nitrogens is 4. The van der Waals surface area contributed by atoms with Gasteiger partial charge in [0.25, 0.3) is 0 Å². The van der Waals surface area contributed by atoms with E-state index in [0.29, 0.717) is 44.1 Å². The van der Waals surface area contributed by atoms with Gasteiger partial charge >= 0.3 is 0 Å². The van der Waals surface area contributed by atoms with Crippen molar-refractivity contribution in [2.75, 3.05) is 18.8 Å². The smallest absolute Gasteiger partial charge is 0.223 e. The van der Waals surface area contributed by atoms with E-state index in [-0.39, 0.29) is 17.7 Å². The third kappa shape index (κ3) is 7.65. The van der Waals surface area contributed by atoms with Gasteiger partial charge in [-0.15, -0.1) is 10.2 Å². The Hall–Kier alpha value is -3.20. The number of tetrazole rings is 1. The summed E-state index contributed by atoms with van der Waals surface area (Å²) in [5.74, 6) is 1.09. The Morgan fingerprint density at radius 3 is 2.49 bits per heavy atom. The molecule has 0 aliphatic rings. The van der Waals surface area contributed by atoms with Gasteiger partial charge in [0.1, 0.15) is 0 Å². The van der Waals surface area contributed by atoms with Gasteiger partial charge in [0.05, 0.1) is 0 Å². The molecule has 3 rings (SSSR count). The van der Waals surface area contributed by atoms with E-state index >= 15 is 0 Å². The molecule has 0 radical (unpaired) electrons. The average Bonchev–Trinajstić information content (AvgIpc) is 3.43. The maximum absolute atomic E-state index is 12.9. The summed E-state index contributed by atoms with van der Waals surface area (Å²) in [6, 6.07) is 16.2. The van der Waals surface area contributed by atoms with Crippen LogP contribution in [0.1, 0.15) is 45.1 Å². The van der Waals surface area contributed by atoms with Crippen molar-refractivity contribution in [3.63, 3.8) is 0 Å². The Kier molecular flexibility index (Phi) is 10.3. The van der Waals surface area contributed by atoms with Crippen molar-refractivity contribution in [2.45, 2.75) is 46.1 Å². The van der Waals surface area contributed by atoms with Crippen LogP contribution in [0.5, 0.6) is 0 Å². The van der Waals surface area contributed by atoms with Crippen LogP contribution in [-0.2, 0) is 16.1 Å². The molecule has 3 aromatic rings. The molecule has 2 N–H and O–H groups in total. The van der Waals surface area contributed by atoms with E-state index in [1.54, 1.807) is 0 Å². The molecule has 2 amide bonds. The number of H-pyrrole nitrogens is 1. The molecular formula is C26H34N6O2S. The lowest BCUT2D eigenvalue weighted by molar-refractivity contribution is -0.132. The molecule has 186 valence electrons. The minimum atomic E-state index is -0.121. The summed E-state index contributed by atoms with van der Waals surface area (Å²) in [5.41, 5.74) is 4.02. The van der Waals surface area contributed by atoms with Gasteiger partial charge in [-0.05, 0) is 34.7 Å². The number of aromatic amines is 1. The first kappa shape index (κ1) is 26.4. The van der Waals surface area contributed by atoms with E-state index in [2.05, 4.69) is 69.8 Å². The zero-order chi connectivity index (χ0) is 25.0. The highest BCUT2D eigenvalue weighted by molar-refractivity contribution is 7.80. The monoisotopic (exact) mass is 494 g/mol. The van der Waals surface area contributed by atoms with Crippen LogP contribution in [0.2, 0.25) is 0 Å². The third-order valence-corrected chi connectivity index (χ3v) is 6.42. The predicted molar refractivity (Wildman–Crippen MR) is 141 cm³/mol. The summed E-state index contributed by atoms with van der Waals surface area (Å²) < 4.78 is 0. The van der Waals surface area contributed by atoms with Gasteiger partial charge in [-0.3, -0.25) is 9.59 Å². The van der Waals surface area contributed by atoms with Crippen LogP contribution in [0, 0.1) is 5.92 Å². The van der Waals surface area contributed by atoms with Crippen molar-refractivity contribution in [2.24, 2.45) is 5.92 Å². The zero-order valence-electron chi connectivity index (χ0n) is 20.4. The van der Waals surface area contributed by atoms with E-state index in [9.17, 15) is 9.59 Å². The highest BCUT2D eigenvalue weighted by atomic mass is 32.1. The molecule has 2 aromatic carbocycles. The first-order valence-corrected chi connectivity index (χ1v) is 12.7. The van der Waals surface area contributed by atoms with Gasteiger partial charge in [-0.25, -0.2) is 0 Å². The number of amides is 2. The second-order valence-electron chi connectivity index (χ2n) is 8.62. The average molecular weight is 495 g/mol.